The van der Waals surface area contributed by atoms with Gasteiger partial charge in [0.15, 0.2) is 0 Å². The molecule has 1 heterocycles. The Labute approximate surface area is 175 Å². The molecule has 1 aliphatic rings. The third-order valence-corrected chi connectivity index (χ3v) is 5.13. The third kappa shape index (κ3) is 4.25. The molecule has 1 saturated heterocycles. The Balaban J connectivity index is 1.85. The summed E-state index contributed by atoms with van der Waals surface area (Å²) in [6.45, 7) is 3.39. The van der Waals surface area contributed by atoms with Gasteiger partial charge in [0.25, 0.3) is 0 Å². The van der Waals surface area contributed by atoms with Crippen molar-refractivity contribution >= 4 is 40.8 Å². The molecule has 0 saturated carbocycles. The highest BCUT2D eigenvalue weighted by atomic mass is 35.5. The molecule has 0 spiro atoms. The van der Waals surface area contributed by atoms with Gasteiger partial charge in [-0.2, -0.15) is 13.2 Å². The largest absolute Gasteiger partial charge is 0.416 e. The van der Waals surface area contributed by atoms with Gasteiger partial charge in [-0.3, -0.25) is 9.59 Å². The number of hydrogen-bond acceptors (Lipinski definition) is 3. The number of carbonyl (C=O) groups excluding carboxylic acids is 3. The van der Waals surface area contributed by atoms with E-state index in [0.717, 1.165) is 28.2 Å². The number of nitrogens with one attached hydrogen (secondary N) is 2. The van der Waals surface area contributed by atoms with E-state index in [2.05, 4.69) is 10.6 Å². The van der Waals surface area contributed by atoms with E-state index >= 15 is 0 Å². The Hall–Kier alpha value is -3.07. The number of anilines is 2. The first-order valence-electron chi connectivity index (χ1n) is 8.85. The fourth-order valence-electron chi connectivity index (χ4n) is 2.94. The second-order valence-electron chi connectivity index (χ2n) is 6.86. The fourth-order valence-corrected chi connectivity index (χ4v) is 3.11. The topological polar surface area (TPSA) is 78.5 Å². The van der Waals surface area contributed by atoms with E-state index in [1.54, 1.807) is 18.2 Å². The maximum atomic E-state index is 12.9. The number of rotatable bonds is 3. The molecule has 0 radical (unpaired) electrons. The molecule has 158 valence electrons. The fraction of sp³-hybridized carbons (Fsp3) is 0.250. The van der Waals surface area contributed by atoms with Gasteiger partial charge in [-0.05, 0) is 55.3 Å². The highest BCUT2D eigenvalue weighted by molar-refractivity contribution is 6.34. The Morgan fingerprint density at radius 2 is 1.83 bits per heavy atom. The summed E-state index contributed by atoms with van der Waals surface area (Å²) in [5.41, 5.74) is 0.809. The monoisotopic (exact) mass is 439 g/mol. The summed E-state index contributed by atoms with van der Waals surface area (Å²) in [6, 6.07) is 6.73. The van der Waals surface area contributed by atoms with Crippen molar-refractivity contribution in [2.24, 2.45) is 5.92 Å². The van der Waals surface area contributed by atoms with Gasteiger partial charge in [0.05, 0.1) is 22.0 Å². The van der Waals surface area contributed by atoms with Crippen molar-refractivity contribution in [2.75, 3.05) is 16.8 Å². The summed E-state index contributed by atoms with van der Waals surface area (Å²) in [7, 11) is 0. The lowest BCUT2D eigenvalue weighted by Gasteiger charge is -2.31. The second-order valence-corrected chi connectivity index (χ2v) is 7.27. The Bertz CT molecular complexity index is 1040. The summed E-state index contributed by atoms with van der Waals surface area (Å²) >= 11 is 5.90. The van der Waals surface area contributed by atoms with E-state index in [9.17, 15) is 27.6 Å². The number of halogens is 4. The van der Waals surface area contributed by atoms with Crippen LogP contribution in [-0.2, 0) is 15.8 Å². The lowest BCUT2D eigenvalue weighted by Crippen LogP contribution is -2.58. The highest BCUT2D eigenvalue weighted by Crippen LogP contribution is 2.34. The Morgan fingerprint density at radius 1 is 1.13 bits per heavy atom. The zero-order valence-corrected chi connectivity index (χ0v) is 16.7. The summed E-state index contributed by atoms with van der Waals surface area (Å²) < 4.78 is 38.8. The molecule has 1 atom stereocenters. The lowest BCUT2D eigenvalue weighted by molar-refractivity contribution is -0.137. The van der Waals surface area contributed by atoms with E-state index < -0.39 is 35.5 Å². The molecule has 1 aliphatic heterocycles. The van der Waals surface area contributed by atoms with Crippen molar-refractivity contribution in [3.8, 4) is 0 Å². The zero-order valence-electron chi connectivity index (χ0n) is 15.9. The van der Waals surface area contributed by atoms with Gasteiger partial charge < -0.3 is 10.6 Å². The molecule has 0 bridgehead atoms. The van der Waals surface area contributed by atoms with Crippen LogP contribution in [0.3, 0.4) is 0 Å². The van der Waals surface area contributed by atoms with Gasteiger partial charge in [0.2, 0.25) is 11.8 Å². The summed E-state index contributed by atoms with van der Waals surface area (Å²) in [4.78, 5) is 38.6. The van der Waals surface area contributed by atoms with Crippen molar-refractivity contribution in [1.29, 1.82) is 0 Å². The Kier molecular flexibility index (Phi) is 5.76. The number of nitrogens with zero attached hydrogens (tertiary/aromatic N) is 1. The predicted octanol–water partition coefficient (Wildman–Crippen LogP) is 4.29. The quantitative estimate of drug-likeness (QED) is 0.700. The number of amides is 4. The molecule has 0 aliphatic carbocycles. The third-order valence-electron chi connectivity index (χ3n) is 4.80. The maximum absolute atomic E-state index is 12.9. The first-order chi connectivity index (χ1) is 14.0. The molecule has 0 aromatic heterocycles. The average Bonchev–Trinajstić information content (AvgIpc) is 2.65. The van der Waals surface area contributed by atoms with Gasteiger partial charge in [-0.1, -0.05) is 17.7 Å². The van der Waals surface area contributed by atoms with Crippen LogP contribution in [0.15, 0.2) is 36.4 Å². The van der Waals surface area contributed by atoms with E-state index in [1.807, 2.05) is 13.8 Å². The zero-order chi connectivity index (χ0) is 22.2. The van der Waals surface area contributed by atoms with Gasteiger partial charge in [-0.25, -0.2) is 9.69 Å². The molecule has 2 aromatic rings. The lowest BCUT2D eigenvalue weighted by atomic mass is 10.0. The van der Waals surface area contributed by atoms with Crippen LogP contribution in [0.2, 0.25) is 5.02 Å². The SMILES string of the molecule is Cc1ccc(N2C(=O)NCC(C(=O)Nc3cc(C(F)(F)F)ccc3Cl)C2=O)cc1C. The number of carbonyl (C=O) groups is 3. The van der Waals surface area contributed by atoms with Gasteiger partial charge in [0, 0.05) is 6.54 Å². The predicted molar refractivity (Wildman–Crippen MR) is 105 cm³/mol. The minimum Gasteiger partial charge on any atom is -0.336 e. The molecule has 6 nitrogen and oxygen atoms in total. The number of hydrogen-bond donors (Lipinski definition) is 2. The van der Waals surface area contributed by atoms with Crippen molar-refractivity contribution in [3.05, 3.63) is 58.1 Å². The smallest absolute Gasteiger partial charge is 0.336 e. The Morgan fingerprint density at radius 3 is 2.47 bits per heavy atom. The van der Waals surface area contributed by atoms with Gasteiger partial charge in [0.1, 0.15) is 5.92 Å². The van der Waals surface area contributed by atoms with Crippen molar-refractivity contribution in [2.45, 2.75) is 20.0 Å². The van der Waals surface area contributed by atoms with E-state index in [0.29, 0.717) is 6.07 Å². The molecular formula is C20H17ClF3N3O3. The van der Waals surface area contributed by atoms with Crippen LogP contribution in [0.1, 0.15) is 16.7 Å². The van der Waals surface area contributed by atoms with E-state index in [4.69, 9.17) is 11.6 Å². The minimum absolute atomic E-state index is 0.116. The summed E-state index contributed by atoms with van der Waals surface area (Å²) in [5.74, 6) is -3.01. The number of imide groups is 1. The average molecular weight is 440 g/mol. The van der Waals surface area contributed by atoms with Gasteiger partial charge >= 0.3 is 12.2 Å². The van der Waals surface area contributed by atoms with Crippen molar-refractivity contribution in [1.82, 2.24) is 5.32 Å². The maximum Gasteiger partial charge on any atom is 0.416 e. The van der Waals surface area contributed by atoms with Crippen LogP contribution in [0, 0.1) is 19.8 Å². The number of benzene rings is 2. The number of alkyl halides is 3. The number of urea groups is 1. The van der Waals surface area contributed by atoms with E-state index in [1.165, 1.54) is 0 Å². The number of aryl methyl sites for hydroxylation is 2. The first-order valence-corrected chi connectivity index (χ1v) is 9.23. The van der Waals surface area contributed by atoms with Crippen LogP contribution in [0.4, 0.5) is 29.3 Å². The summed E-state index contributed by atoms with van der Waals surface area (Å²) in [5, 5.41) is 4.60. The van der Waals surface area contributed by atoms with Crippen LogP contribution in [0.5, 0.6) is 0 Å². The van der Waals surface area contributed by atoms with Crippen LogP contribution < -0.4 is 15.5 Å². The molecule has 2 aromatic carbocycles. The van der Waals surface area contributed by atoms with E-state index in [-0.39, 0.29) is 22.9 Å². The molecule has 3 rings (SSSR count). The summed E-state index contributed by atoms with van der Waals surface area (Å²) in [6.07, 6.45) is -4.63. The van der Waals surface area contributed by atoms with Crippen LogP contribution in [-0.4, -0.2) is 24.4 Å². The molecular weight excluding hydrogens is 423 g/mol. The standard InChI is InChI=1S/C20H17ClF3N3O3/c1-10-3-5-13(7-11(10)2)27-18(29)14(9-25-19(27)30)17(28)26-16-8-12(20(22,23)24)4-6-15(16)21/h3-8,14H,9H2,1-2H3,(H,25,30)(H,26,28). The van der Waals surface area contributed by atoms with Crippen molar-refractivity contribution in [3.63, 3.8) is 0 Å². The van der Waals surface area contributed by atoms with Crippen molar-refractivity contribution < 1.29 is 27.6 Å². The highest BCUT2D eigenvalue weighted by Gasteiger charge is 2.40. The molecule has 1 fully saturated rings. The van der Waals surface area contributed by atoms with Crippen LogP contribution in [0.25, 0.3) is 0 Å². The van der Waals surface area contributed by atoms with Crippen LogP contribution >= 0.6 is 11.6 Å². The molecule has 30 heavy (non-hydrogen) atoms. The minimum atomic E-state index is -4.63. The first kappa shape index (κ1) is 21.6. The second kappa shape index (κ2) is 7.98. The normalized spacial score (nSPS) is 17.0. The van der Waals surface area contributed by atoms with Gasteiger partial charge in [-0.15, -0.1) is 0 Å². The molecule has 2 N–H and O–H groups in total. The molecule has 1 unspecified atom stereocenters. The molecule has 10 heteroatoms. The molecule has 4 amide bonds.